The lowest BCUT2D eigenvalue weighted by molar-refractivity contribution is 0.273. The van der Waals surface area contributed by atoms with Gasteiger partial charge in [-0.2, -0.15) is 0 Å². The van der Waals surface area contributed by atoms with Crippen LogP contribution in [0.4, 0.5) is 0 Å². The summed E-state index contributed by atoms with van der Waals surface area (Å²) in [6.45, 7) is 1.04. The van der Waals surface area contributed by atoms with Gasteiger partial charge in [-0.3, -0.25) is 0 Å². The maximum absolute atomic E-state index is 8.81. The third-order valence-corrected chi connectivity index (χ3v) is 4.59. The second kappa shape index (κ2) is 8.70. The highest BCUT2D eigenvalue weighted by Gasteiger charge is 2.15. The predicted molar refractivity (Wildman–Crippen MR) is 100 cm³/mol. The first kappa shape index (κ1) is 16.8. The van der Waals surface area contributed by atoms with E-state index in [0.717, 1.165) is 50.9 Å². The van der Waals surface area contributed by atoms with E-state index in [1.165, 1.54) is 22.3 Å². The second-order valence-electron chi connectivity index (χ2n) is 6.35. The van der Waals surface area contributed by atoms with Crippen LogP contribution in [0.15, 0.2) is 48.5 Å². The van der Waals surface area contributed by atoms with E-state index in [0.29, 0.717) is 6.61 Å². The second-order valence-corrected chi connectivity index (χ2v) is 6.35. The fraction of sp³-hybridized carbons (Fsp3) is 0.364. The van der Waals surface area contributed by atoms with Crippen molar-refractivity contribution in [3.05, 3.63) is 65.2 Å². The molecule has 0 atom stereocenters. The van der Waals surface area contributed by atoms with E-state index in [1.807, 2.05) is 0 Å². The van der Waals surface area contributed by atoms with E-state index >= 15 is 0 Å². The van der Waals surface area contributed by atoms with Gasteiger partial charge in [-0.1, -0.05) is 48.9 Å². The van der Waals surface area contributed by atoms with Gasteiger partial charge < -0.3 is 9.84 Å². The Hall–Kier alpha value is -2.06. The molecule has 0 fully saturated rings. The molecule has 2 aromatic rings. The Morgan fingerprint density at radius 3 is 2.50 bits per heavy atom. The third kappa shape index (κ3) is 4.27. The molecule has 0 heterocycles. The van der Waals surface area contributed by atoms with Crippen molar-refractivity contribution in [1.29, 1.82) is 0 Å². The maximum Gasteiger partial charge on any atom is 0.126 e. The van der Waals surface area contributed by atoms with Crippen LogP contribution in [0.25, 0.3) is 11.6 Å². The van der Waals surface area contributed by atoms with Crippen LogP contribution in [0.5, 0.6) is 5.75 Å². The highest BCUT2D eigenvalue weighted by atomic mass is 16.5. The van der Waals surface area contributed by atoms with Gasteiger partial charge in [0, 0.05) is 12.2 Å². The summed E-state index contributed by atoms with van der Waals surface area (Å²) in [7, 11) is 0. The van der Waals surface area contributed by atoms with Crippen molar-refractivity contribution in [1.82, 2.24) is 0 Å². The van der Waals surface area contributed by atoms with Gasteiger partial charge in [-0.05, 0) is 60.9 Å². The average Bonchev–Trinajstić information content (AvgIpc) is 2.65. The molecule has 126 valence electrons. The molecular weight excluding hydrogens is 296 g/mol. The zero-order valence-electron chi connectivity index (χ0n) is 14.2. The summed E-state index contributed by atoms with van der Waals surface area (Å²) in [4.78, 5) is 0. The fourth-order valence-electron chi connectivity index (χ4n) is 3.24. The number of rotatable bonds is 8. The SMILES string of the molecule is OCCCCCCOc1cccc2c1C=C(c1ccccc1)CC2. The Labute approximate surface area is 144 Å². The van der Waals surface area contributed by atoms with Crippen molar-refractivity contribution in [3.63, 3.8) is 0 Å². The van der Waals surface area contributed by atoms with E-state index in [-0.39, 0.29) is 0 Å². The summed E-state index contributed by atoms with van der Waals surface area (Å²) in [6.07, 6.45) is 8.58. The summed E-state index contributed by atoms with van der Waals surface area (Å²) in [6, 6.07) is 17.0. The maximum atomic E-state index is 8.81. The predicted octanol–water partition coefficient (Wildman–Crippen LogP) is 5.10. The first-order chi connectivity index (χ1) is 11.9. The largest absolute Gasteiger partial charge is 0.493 e. The molecule has 2 heteroatoms. The molecule has 0 aromatic heterocycles. The number of aliphatic hydroxyl groups is 1. The number of aryl methyl sites for hydroxylation is 1. The van der Waals surface area contributed by atoms with Gasteiger partial charge in [0.25, 0.3) is 0 Å². The van der Waals surface area contributed by atoms with Crippen LogP contribution in [0.1, 0.15) is 48.8 Å². The molecule has 0 radical (unpaired) electrons. The fourth-order valence-corrected chi connectivity index (χ4v) is 3.24. The topological polar surface area (TPSA) is 29.5 Å². The van der Waals surface area contributed by atoms with Crippen molar-refractivity contribution in [2.75, 3.05) is 13.2 Å². The zero-order chi connectivity index (χ0) is 16.6. The summed E-state index contributed by atoms with van der Waals surface area (Å²) in [5.74, 6) is 1.00. The molecule has 0 aliphatic heterocycles. The standard InChI is InChI=1S/C22H26O2/c23-15-6-1-2-7-16-24-22-12-8-11-19-13-14-20(17-21(19)22)18-9-4-3-5-10-18/h3-5,8-12,17,23H,1-2,6-7,13-16H2. The molecule has 0 spiro atoms. The van der Waals surface area contributed by atoms with Crippen LogP contribution < -0.4 is 4.74 Å². The molecule has 0 unspecified atom stereocenters. The lowest BCUT2D eigenvalue weighted by Gasteiger charge is -2.20. The van der Waals surface area contributed by atoms with Crippen LogP contribution in [0.2, 0.25) is 0 Å². The van der Waals surface area contributed by atoms with Crippen molar-refractivity contribution in [2.45, 2.75) is 38.5 Å². The van der Waals surface area contributed by atoms with Gasteiger partial charge in [-0.15, -0.1) is 0 Å². The Morgan fingerprint density at radius 1 is 0.833 bits per heavy atom. The number of allylic oxidation sites excluding steroid dienone is 1. The summed E-state index contributed by atoms with van der Waals surface area (Å²) in [5, 5.41) is 8.81. The number of aliphatic hydroxyl groups excluding tert-OH is 1. The van der Waals surface area contributed by atoms with Crippen molar-refractivity contribution in [3.8, 4) is 5.75 Å². The first-order valence-corrected chi connectivity index (χ1v) is 9.00. The quantitative estimate of drug-likeness (QED) is 0.685. The van der Waals surface area contributed by atoms with E-state index in [2.05, 4.69) is 54.6 Å². The molecule has 2 aromatic carbocycles. The van der Waals surface area contributed by atoms with E-state index in [4.69, 9.17) is 9.84 Å². The highest BCUT2D eigenvalue weighted by molar-refractivity contribution is 5.86. The Morgan fingerprint density at radius 2 is 1.67 bits per heavy atom. The number of hydrogen-bond acceptors (Lipinski definition) is 2. The lowest BCUT2D eigenvalue weighted by Crippen LogP contribution is -2.04. The summed E-state index contributed by atoms with van der Waals surface area (Å²) in [5.41, 5.74) is 5.33. The molecule has 0 amide bonds. The lowest BCUT2D eigenvalue weighted by atomic mass is 9.88. The van der Waals surface area contributed by atoms with E-state index in [1.54, 1.807) is 0 Å². The van der Waals surface area contributed by atoms with Crippen LogP contribution >= 0.6 is 0 Å². The monoisotopic (exact) mass is 322 g/mol. The molecule has 24 heavy (non-hydrogen) atoms. The number of unbranched alkanes of at least 4 members (excludes halogenated alkanes) is 3. The minimum Gasteiger partial charge on any atom is -0.493 e. The minimum absolute atomic E-state index is 0.292. The summed E-state index contributed by atoms with van der Waals surface area (Å²) >= 11 is 0. The zero-order valence-corrected chi connectivity index (χ0v) is 14.2. The van der Waals surface area contributed by atoms with Crippen molar-refractivity contribution < 1.29 is 9.84 Å². The molecule has 0 saturated carbocycles. The van der Waals surface area contributed by atoms with Gasteiger partial charge in [0.1, 0.15) is 5.75 Å². The van der Waals surface area contributed by atoms with Crippen molar-refractivity contribution >= 4 is 11.6 Å². The Kier molecular flexibility index (Phi) is 6.08. The molecular formula is C22H26O2. The Bertz CT molecular complexity index is 674. The van der Waals surface area contributed by atoms with Gasteiger partial charge in [-0.25, -0.2) is 0 Å². The molecule has 2 nitrogen and oxygen atoms in total. The van der Waals surface area contributed by atoms with Crippen LogP contribution in [-0.4, -0.2) is 18.3 Å². The Balaban J connectivity index is 1.69. The van der Waals surface area contributed by atoms with Crippen LogP contribution in [-0.2, 0) is 6.42 Å². The van der Waals surface area contributed by atoms with Gasteiger partial charge >= 0.3 is 0 Å². The van der Waals surface area contributed by atoms with Crippen molar-refractivity contribution in [2.24, 2.45) is 0 Å². The third-order valence-electron chi connectivity index (χ3n) is 4.59. The van der Waals surface area contributed by atoms with E-state index in [9.17, 15) is 0 Å². The van der Waals surface area contributed by atoms with Crippen LogP contribution in [0.3, 0.4) is 0 Å². The van der Waals surface area contributed by atoms with E-state index < -0.39 is 0 Å². The molecule has 1 N–H and O–H groups in total. The number of benzene rings is 2. The first-order valence-electron chi connectivity index (χ1n) is 9.00. The number of fused-ring (bicyclic) bond motifs is 1. The number of ether oxygens (including phenoxy) is 1. The summed E-state index contributed by atoms with van der Waals surface area (Å²) < 4.78 is 6.06. The van der Waals surface area contributed by atoms with Gasteiger partial charge in [0.2, 0.25) is 0 Å². The van der Waals surface area contributed by atoms with Gasteiger partial charge in [0.15, 0.2) is 0 Å². The highest BCUT2D eigenvalue weighted by Crippen LogP contribution is 2.35. The molecule has 0 bridgehead atoms. The molecule has 1 aliphatic carbocycles. The minimum atomic E-state index is 0.292. The average molecular weight is 322 g/mol. The molecule has 1 aliphatic rings. The molecule has 0 saturated heterocycles. The normalized spacial score (nSPS) is 13.3. The van der Waals surface area contributed by atoms with Crippen LogP contribution in [0, 0.1) is 0 Å². The number of hydrogen-bond donors (Lipinski definition) is 1. The van der Waals surface area contributed by atoms with Gasteiger partial charge in [0.05, 0.1) is 6.61 Å². The smallest absolute Gasteiger partial charge is 0.126 e. The molecule has 3 rings (SSSR count).